The van der Waals surface area contributed by atoms with Crippen molar-refractivity contribution in [3.63, 3.8) is 0 Å². The van der Waals surface area contributed by atoms with Crippen LogP contribution in [0.15, 0.2) is 36.8 Å². The number of aromatic amines is 1. The van der Waals surface area contributed by atoms with Crippen LogP contribution in [0.2, 0.25) is 0 Å². The van der Waals surface area contributed by atoms with Crippen LogP contribution in [0.25, 0.3) is 0 Å². The van der Waals surface area contributed by atoms with Crippen molar-refractivity contribution in [2.45, 2.75) is 83.0 Å². The Bertz CT molecular complexity index is 818. The molecule has 1 atom stereocenters. The van der Waals surface area contributed by atoms with Gasteiger partial charge in [0, 0.05) is 30.4 Å². The molecule has 0 saturated carbocycles. The van der Waals surface area contributed by atoms with Gasteiger partial charge in [-0.25, -0.2) is 4.98 Å². The summed E-state index contributed by atoms with van der Waals surface area (Å²) in [7, 11) is 0. The Morgan fingerprint density at radius 2 is 1.72 bits per heavy atom. The lowest BCUT2D eigenvalue weighted by molar-refractivity contribution is -0.122. The number of ketones is 1. The van der Waals surface area contributed by atoms with Crippen molar-refractivity contribution in [3.8, 4) is 0 Å². The van der Waals surface area contributed by atoms with Gasteiger partial charge >= 0.3 is 0 Å². The molecule has 0 aliphatic rings. The topological polar surface area (TPSA) is 153 Å². The fraction of sp³-hybridized carbons (Fsp3) is 0.542. The summed E-state index contributed by atoms with van der Waals surface area (Å²) >= 11 is 0. The van der Waals surface area contributed by atoms with Crippen molar-refractivity contribution < 1.29 is 9.59 Å². The smallest absolute Gasteiger partial charge is 0.237 e. The Morgan fingerprint density at radius 3 is 2.34 bits per heavy atom. The molecule has 0 aliphatic carbocycles. The number of benzene rings is 1. The van der Waals surface area contributed by atoms with E-state index in [-0.39, 0.29) is 11.7 Å². The molecule has 0 saturated heterocycles. The lowest BCUT2D eigenvalue weighted by Crippen LogP contribution is -2.56. The number of nitrogens with two attached hydrogens (primary N) is 3. The van der Waals surface area contributed by atoms with Gasteiger partial charge in [0.1, 0.15) is 5.66 Å². The molecule has 176 valence electrons. The second-order valence-corrected chi connectivity index (χ2v) is 8.54. The predicted molar refractivity (Wildman–Crippen MR) is 127 cm³/mol. The van der Waals surface area contributed by atoms with Crippen molar-refractivity contribution in [2.75, 3.05) is 0 Å². The number of nitrogens with zero attached hydrogens (tertiary/aromatic N) is 1. The number of unbranched alkanes of at least 4 members (excludes halogenated alkanes) is 6. The molecule has 2 aromatic rings. The van der Waals surface area contributed by atoms with Gasteiger partial charge in [0.05, 0.1) is 12.4 Å². The summed E-state index contributed by atoms with van der Waals surface area (Å²) in [5.74, 6) is -0.516. The minimum Gasteiger partial charge on any atom is -0.351 e. The molecule has 1 aromatic heterocycles. The Morgan fingerprint density at radius 1 is 1.06 bits per heavy atom. The normalized spacial score (nSPS) is 12.5. The van der Waals surface area contributed by atoms with Gasteiger partial charge in [0.25, 0.3) is 0 Å². The number of carbonyl (C=O) groups excluding carboxylic acids is 2. The van der Waals surface area contributed by atoms with Crippen molar-refractivity contribution in [1.82, 2.24) is 15.3 Å². The Balaban J connectivity index is 1.76. The van der Waals surface area contributed by atoms with Crippen LogP contribution in [-0.2, 0) is 17.8 Å². The van der Waals surface area contributed by atoms with Gasteiger partial charge in [-0.1, -0.05) is 69.7 Å². The van der Waals surface area contributed by atoms with Crippen LogP contribution in [0.5, 0.6) is 0 Å². The Labute approximate surface area is 190 Å². The van der Waals surface area contributed by atoms with Crippen molar-refractivity contribution in [3.05, 3.63) is 53.6 Å². The molecule has 8 N–H and O–H groups in total. The number of aromatic nitrogens is 2. The lowest BCUT2D eigenvalue weighted by Gasteiger charge is -2.23. The zero-order chi connectivity index (χ0) is 23.4. The summed E-state index contributed by atoms with van der Waals surface area (Å²) in [6, 6.07) is 6.31. The molecular formula is C24H38N6O2. The highest BCUT2D eigenvalue weighted by Crippen LogP contribution is 2.16. The van der Waals surface area contributed by atoms with Crippen LogP contribution in [0.1, 0.15) is 79.9 Å². The number of carbonyl (C=O) groups is 2. The number of rotatable bonds is 15. The monoisotopic (exact) mass is 442 g/mol. The molecule has 8 heteroatoms. The summed E-state index contributed by atoms with van der Waals surface area (Å²) in [6.45, 7) is 2.52. The average Bonchev–Trinajstić information content (AvgIpc) is 3.29. The quantitative estimate of drug-likeness (QED) is 0.162. The van der Waals surface area contributed by atoms with Crippen molar-refractivity contribution in [2.24, 2.45) is 17.2 Å². The minimum absolute atomic E-state index is 0.252. The molecule has 0 bridgehead atoms. The second-order valence-electron chi connectivity index (χ2n) is 8.54. The van der Waals surface area contributed by atoms with E-state index in [1.54, 1.807) is 36.8 Å². The number of Topliss-reactive ketones (excluding diaryl/α,β-unsaturated/α-hetero) is 1. The van der Waals surface area contributed by atoms with E-state index in [9.17, 15) is 9.59 Å². The first-order chi connectivity index (χ1) is 15.3. The highest BCUT2D eigenvalue weighted by Gasteiger charge is 2.29. The fourth-order valence-electron chi connectivity index (χ4n) is 3.58. The van der Waals surface area contributed by atoms with E-state index in [1.807, 2.05) is 0 Å². The molecule has 0 fully saturated rings. The first-order valence-electron chi connectivity index (χ1n) is 11.6. The van der Waals surface area contributed by atoms with Crippen LogP contribution >= 0.6 is 0 Å². The number of hydrogen-bond acceptors (Lipinski definition) is 6. The molecule has 32 heavy (non-hydrogen) atoms. The van der Waals surface area contributed by atoms with Crippen LogP contribution in [0.3, 0.4) is 0 Å². The van der Waals surface area contributed by atoms with Gasteiger partial charge in [-0.15, -0.1) is 0 Å². The molecule has 0 radical (unpaired) electrons. The van der Waals surface area contributed by atoms with Crippen LogP contribution in [0.4, 0.5) is 0 Å². The fourth-order valence-corrected chi connectivity index (χ4v) is 3.58. The number of H-pyrrole nitrogens is 1. The first-order valence-corrected chi connectivity index (χ1v) is 11.6. The maximum atomic E-state index is 12.7. The number of imidazole rings is 1. The number of nitrogens with one attached hydrogen (secondary N) is 2. The lowest BCUT2D eigenvalue weighted by atomic mass is 9.93. The van der Waals surface area contributed by atoms with Crippen molar-refractivity contribution >= 4 is 11.7 Å². The van der Waals surface area contributed by atoms with Gasteiger partial charge in [-0.05, 0) is 18.4 Å². The molecule has 0 spiro atoms. The molecule has 1 amide bonds. The molecule has 2 rings (SSSR count). The molecule has 8 nitrogen and oxygen atoms in total. The average molecular weight is 443 g/mol. The molecular weight excluding hydrogens is 404 g/mol. The number of amides is 1. The SMILES string of the molecule is CCCCCCCCCC(N)(N)C(=O)c1ccc(CNC(=O)[C@@H](N)Cc2cnc[nH]2)cc1. The summed E-state index contributed by atoms with van der Waals surface area (Å²) in [4.78, 5) is 31.8. The van der Waals surface area contributed by atoms with E-state index >= 15 is 0 Å². The van der Waals surface area contributed by atoms with E-state index in [1.165, 1.54) is 25.7 Å². The first kappa shape index (κ1) is 25.7. The van der Waals surface area contributed by atoms with Crippen molar-refractivity contribution in [1.29, 1.82) is 0 Å². The van der Waals surface area contributed by atoms with Gasteiger partial charge in [-0.3, -0.25) is 9.59 Å². The van der Waals surface area contributed by atoms with Crippen LogP contribution < -0.4 is 22.5 Å². The van der Waals surface area contributed by atoms with Gasteiger partial charge < -0.3 is 27.5 Å². The van der Waals surface area contributed by atoms with Gasteiger partial charge in [0.2, 0.25) is 5.91 Å². The van der Waals surface area contributed by atoms with Gasteiger partial charge in [-0.2, -0.15) is 0 Å². The third-order valence-electron chi connectivity index (χ3n) is 5.63. The number of hydrogen-bond donors (Lipinski definition) is 5. The summed E-state index contributed by atoms with van der Waals surface area (Å²) in [6.07, 6.45) is 12.0. The Hall–Kier alpha value is -2.55. The summed E-state index contributed by atoms with van der Waals surface area (Å²) < 4.78 is 0. The third kappa shape index (κ3) is 8.53. The van der Waals surface area contributed by atoms with E-state index in [0.717, 1.165) is 30.5 Å². The zero-order valence-electron chi connectivity index (χ0n) is 19.1. The summed E-state index contributed by atoms with van der Waals surface area (Å²) in [5, 5.41) is 2.81. The highest BCUT2D eigenvalue weighted by atomic mass is 16.2. The standard InChI is InChI=1S/C24H38N6O2/c1-2-3-4-5-6-7-8-13-24(26,27)22(31)19-11-9-18(10-12-19)15-29-23(32)21(25)14-20-16-28-17-30-20/h9-12,16-17,21H,2-8,13-15,25-27H2,1H3,(H,28,30)(H,29,32)/t21-/m0/s1. The minimum atomic E-state index is -1.36. The van der Waals surface area contributed by atoms with Crippen LogP contribution in [0, 0.1) is 0 Å². The molecule has 0 aliphatic heterocycles. The van der Waals surface area contributed by atoms with Gasteiger partial charge in [0.15, 0.2) is 5.78 Å². The zero-order valence-corrected chi connectivity index (χ0v) is 19.1. The molecule has 1 heterocycles. The maximum Gasteiger partial charge on any atom is 0.237 e. The summed E-state index contributed by atoms with van der Waals surface area (Å²) in [5.41, 5.74) is 19.0. The second kappa shape index (κ2) is 13.1. The van der Waals surface area contributed by atoms with E-state index < -0.39 is 11.7 Å². The Kier molecular flexibility index (Phi) is 10.5. The highest BCUT2D eigenvalue weighted by molar-refractivity contribution is 6.02. The largest absolute Gasteiger partial charge is 0.351 e. The van der Waals surface area contributed by atoms with Crippen LogP contribution in [-0.4, -0.2) is 33.4 Å². The molecule has 0 unspecified atom stereocenters. The third-order valence-corrected chi connectivity index (χ3v) is 5.63. The van der Waals surface area contributed by atoms with E-state index in [4.69, 9.17) is 17.2 Å². The predicted octanol–water partition coefficient (Wildman–Crippen LogP) is 2.53. The van der Waals surface area contributed by atoms with E-state index in [2.05, 4.69) is 22.2 Å². The van der Waals surface area contributed by atoms with E-state index in [0.29, 0.717) is 24.9 Å². The maximum absolute atomic E-state index is 12.7. The molecule has 1 aromatic carbocycles.